The van der Waals surface area contributed by atoms with E-state index in [9.17, 15) is 0 Å². The van der Waals surface area contributed by atoms with Gasteiger partial charge in [-0.25, -0.2) is 0 Å². The zero-order valence-electron chi connectivity index (χ0n) is 8.43. The molecular weight excluding hydrogens is 293 g/mol. The van der Waals surface area contributed by atoms with Crippen LogP contribution in [0.2, 0.25) is 5.02 Å². The van der Waals surface area contributed by atoms with E-state index >= 15 is 0 Å². The Morgan fingerprint density at radius 2 is 2.25 bits per heavy atom. The summed E-state index contributed by atoms with van der Waals surface area (Å²) in [5.41, 5.74) is 6.47. The number of aromatic nitrogens is 4. The van der Waals surface area contributed by atoms with Crippen LogP contribution in [0.1, 0.15) is 18.8 Å². The van der Waals surface area contributed by atoms with Gasteiger partial charge in [-0.05, 0) is 35.5 Å². The highest BCUT2D eigenvalue weighted by molar-refractivity contribution is 9.10. The van der Waals surface area contributed by atoms with E-state index in [0.717, 1.165) is 4.47 Å². The molecule has 0 fully saturated rings. The number of halogens is 2. The lowest BCUT2D eigenvalue weighted by molar-refractivity contribution is 0.688. The molecule has 16 heavy (non-hydrogen) atoms. The number of nitrogens with zero attached hydrogens (tertiary/aromatic N) is 4. The predicted molar refractivity (Wildman–Crippen MR) is 64.5 cm³/mol. The van der Waals surface area contributed by atoms with E-state index in [1.165, 1.54) is 0 Å². The monoisotopic (exact) mass is 301 g/mol. The van der Waals surface area contributed by atoms with E-state index in [0.29, 0.717) is 16.5 Å². The first-order chi connectivity index (χ1) is 7.59. The van der Waals surface area contributed by atoms with Gasteiger partial charge < -0.3 is 5.73 Å². The van der Waals surface area contributed by atoms with Gasteiger partial charge in [0.15, 0.2) is 5.82 Å². The molecule has 0 aliphatic heterocycles. The molecule has 1 unspecified atom stereocenters. The van der Waals surface area contributed by atoms with Crippen LogP contribution in [-0.4, -0.2) is 20.2 Å². The minimum absolute atomic E-state index is 0.255. The van der Waals surface area contributed by atoms with Gasteiger partial charge in [-0.15, -0.1) is 5.10 Å². The molecule has 2 N–H and O–H groups in total. The molecule has 0 spiro atoms. The molecule has 5 nitrogen and oxygen atoms in total. The van der Waals surface area contributed by atoms with Gasteiger partial charge in [0, 0.05) is 4.47 Å². The fraction of sp³-hybridized carbons (Fsp3) is 0.222. The molecule has 1 atom stereocenters. The molecule has 0 saturated heterocycles. The average molecular weight is 303 g/mol. The zero-order chi connectivity index (χ0) is 11.7. The highest BCUT2D eigenvalue weighted by atomic mass is 79.9. The summed E-state index contributed by atoms with van der Waals surface area (Å²) in [7, 11) is 0. The van der Waals surface area contributed by atoms with Gasteiger partial charge in [0.1, 0.15) is 0 Å². The van der Waals surface area contributed by atoms with Crippen LogP contribution in [0.3, 0.4) is 0 Å². The summed E-state index contributed by atoms with van der Waals surface area (Å²) in [5, 5.41) is 11.9. The van der Waals surface area contributed by atoms with Crippen molar-refractivity contribution in [2.75, 3.05) is 0 Å². The molecule has 1 aromatic carbocycles. The topological polar surface area (TPSA) is 69.6 Å². The summed E-state index contributed by atoms with van der Waals surface area (Å²) < 4.78 is 2.44. The molecule has 7 heteroatoms. The third-order valence-corrected chi connectivity index (χ3v) is 2.83. The molecule has 84 valence electrons. The van der Waals surface area contributed by atoms with Crippen LogP contribution in [0.25, 0.3) is 5.69 Å². The first-order valence-electron chi connectivity index (χ1n) is 4.59. The highest BCUT2D eigenvalue weighted by Crippen LogP contribution is 2.25. The average Bonchev–Trinajstić information content (AvgIpc) is 2.66. The lowest BCUT2D eigenvalue weighted by Gasteiger charge is -2.08. The predicted octanol–water partition coefficient (Wildman–Crippen LogP) is 2.10. The highest BCUT2D eigenvalue weighted by Gasteiger charge is 2.14. The Morgan fingerprint density at radius 1 is 1.50 bits per heavy atom. The number of nitrogens with two attached hydrogens (primary N) is 1. The maximum atomic E-state index is 6.11. The maximum Gasteiger partial charge on any atom is 0.173 e. The lowest BCUT2D eigenvalue weighted by Crippen LogP contribution is -2.13. The van der Waals surface area contributed by atoms with Crippen molar-refractivity contribution in [1.82, 2.24) is 20.2 Å². The Bertz CT molecular complexity index is 510. The van der Waals surface area contributed by atoms with Gasteiger partial charge in [0.2, 0.25) is 0 Å². The maximum absolute atomic E-state index is 6.11. The minimum Gasteiger partial charge on any atom is -0.321 e. The second kappa shape index (κ2) is 4.48. The molecule has 2 aromatic rings. The van der Waals surface area contributed by atoms with Crippen molar-refractivity contribution in [3.8, 4) is 5.69 Å². The number of tetrazole rings is 1. The molecule has 1 heterocycles. The molecule has 0 aliphatic rings. The van der Waals surface area contributed by atoms with E-state index in [1.807, 2.05) is 19.1 Å². The van der Waals surface area contributed by atoms with Gasteiger partial charge >= 0.3 is 0 Å². The van der Waals surface area contributed by atoms with Crippen LogP contribution in [0.5, 0.6) is 0 Å². The van der Waals surface area contributed by atoms with E-state index in [-0.39, 0.29) is 6.04 Å². The first kappa shape index (κ1) is 11.5. The summed E-state index contributed by atoms with van der Waals surface area (Å²) in [4.78, 5) is 0. The lowest BCUT2D eigenvalue weighted by atomic mass is 10.3. The fourth-order valence-corrected chi connectivity index (χ4v) is 2.06. The minimum atomic E-state index is -0.255. The van der Waals surface area contributed by atoms with Crippen molar-refractivity contribution >= 4 is 27.5 Å². The van der Waals surface area contributed by atoms with Gasteiger partial charge in [-0.2, -0.15) is 4.68 Å². The first-order valence-corrected chi connectivity index (χ1v) is 5.76. The molecule has 1 aromatic heterocycles. The number of hydrogen-bond acceptors (Lipinski definition) is 4. The number of rotatable bonds is 2. The van der Waals surface area contributed by atoms with Crippen LogP contribution < -0.4 is 5.73 Å². The van der Waals surface area contributed by atoms with Crippen molar-refractivity contribution in [1.29, 1.82) is 0 Å². The van der Waals surface area contributed by atoms with Crippen molar-refractivity contribution in [2.24, 2.45) is 5.73 Å². The van der Waals surface area contributed by atoms with Crippen LogP contribution in [-0.2, 0) is 0 Å². The quantitative estimate of drug-likeness (QED) is 0.922. The van der Waals surface area contributed by atoms with E-state index in [2.05, 4.69) is 31.5 Å². The van der Waals surface area contributed by atoms with Gasteiger partial charge in [0.25, 0.3) is 0 Å². The normalized spacial score (nSPS) is 12.8. The van der Waals surface area contributed by atoms with Crippen molar-refractivity contribution < 1.29 is 0 Å². The second-order valence-electron chi connectivity index (χ2n) is 3.33. The summed E-state index contributed by atoms with van der Waals surface area (Å²) in [6, 6.07) is 5.22. The molecule has 2 rings (SSSR count). The van der Waals surface area contributed by atoms with Gasteiger partial charge in [0.05, 0.1) is 16.8 Å². The number of benzene rings is 1. The third kappa shape index (κ3) is 2.09. The standard InChI is InChI=1S/C9H9BrClN5/c1-5(12)9-13-14-15-16(9)8-3-2-6(10)4-7(8)11/h2-5H,12H2,1H3. The molecule has 0 aliphatic carbocycles. The SMILES string of the molecule is CC(N)c1nnnn1-c1ccc(Br)cc1Cl. The van der Waals surface area contributed by atoms with E-state index < -0.39 is 0 Å². The second-order valence-corrected chi connectivity index (χ2v) is 4.66. The molecule has 0 radical (unpaired) electrons. The number of hydrogen-bond donors (Lipinski definition) is 1. The van der Waals surface area contributed by atoms with Gasteiger partial charge in [-0.3, -0.25) is 0 Å². The summed E-state index contributed by atoms with van der Waals surface area (Å²) in [5.74, 6) is 0.573. The van der Waals surface area contributed by atoms with E-state index in [4.69, 9.17) is 17.3 Å². The Morgan fingerprint density at radius 3 is 2.88 bits per heavy atom. The Kier molecular flexibility index (Phi) is 3.22. The van der Waals surface area contributed by atoms with E-state index in [1.54, 1.807) is 10.7 Å². The molecule has 0 amide bonds. The van der Waals surface area contributed by atoms with Crippen LogP contribution in [0.4, 0.5) is 0 Å². The van der Waals surface area contributed by atoms with Crippen LogP contribution >= 0.6 is 27.5 Å². The van der Waals surface area contributed by atoms with Gasteiger partial charge in [-0.1, -0.05) is 27.5 Å². The summed E-state index contributed by atoms with van der Waals surface area (Å²) in [6.07, 6.45) is 0. The van der Waals surface area contributed by atoms with Crippen molar-refractivity contribution in [3.63, 3.8) is 0 Å². The third-order valence-electron chi connectivity index (χ3n) is 2.04. The van der Waals surface area contributed by atoms with Crippen LogP contribution in [0.15, 0.2) is 22.7 Å². The Hall–Kier alpha value is -0.980. The summed E-state index contributed by atoms with van der Waals surface area (Å²) >= 11 is 9.45. The largest absolute Gasteiger partial charge is 0.321 e. The smallest absolute Gasteiger partial charge is 0.173 e. The zero-order valence-corrected chi connectivity index (χ0v) is 10.8. The molecular formula is C9H9BrClN5. The molecule has 0 saturated carbocycles. The Balaban J connectivity index is 2.54. The fourth-order valence-electron chi connectivity index (χ4n) is 1.30. The summed E-state index contributed by atoms with van der Waals surface area (Å²) in [6.45, 7) is 1.81. The Labute approximate surface area is 106 Å². The van der Waals surface area contributed by atoms with Crippen molar-refractivity contribution in [3.05, 3.63) is 33.5 Å². The van der Waals surface area contributed by atoms with Crippen LogP contribution in [0, 0.1) is 0 Å². The van der Waals surface area contributed by atoms with Crippen molar-refractivity contribution in [2.45, 2.75) is 13.0 Å². The molecule has 0 bridgehead atoms.